The van der Waals surface area contributed by atoms with Crippen LogP contribution in [0.2, 0.25) is 0 Å². The van der Waals surface area contributed by atoms with Crippen LogP contribution < -0.4 is 11.1 Å². The monoisotopic (exact) mass is 401 g/mol. The predicted octanol–water partition coefficient (Wildman–Crippen LogP) is 4.22. The summed E-state index contributed by atoms with van der Waals surface area (Å²) in [5.41, 5.74) is 9.21. The normalized spacial score (nSPS) is 15.0. The molecule has 0 spiro atoms. The Morgan fingerprint density at radius 1 is 1.31 bits per heavy atom. The van der Waals surface area contributed by atoms with E-state index in [9.17, 15) is 13.2 Å². The third-order valence-electron chi connectivity index (χ3n) is 4.56. The van der Waals surface area contributed by atoms with Gasteiger partial charge in [0.25, 0.3) is 5.92 Å². The minimum Gasteiger partial charge on any atom is -0.404 e. The van der Waals surface area contributed by atoms with Crippen LogP contribution in [0, 0.1) is 11.2 Å². The Morgan fingerprint density at radius 2 is 2.07 bits per heavy atom. The van der Waals surface area contributed by atoms with Crippen molar-refractivity contribution in [1.29, 1.82) is 5.41 Å². The highest BCUT2D eigenvalue weighted by Crippen LogP contribution is 2.28. The van der Waals surface area contributed by atoms with Gasteiger partial charge < -0.3 is 16.5 Å². The van der Waals surface area contributed by atoms with Gasteiger partial charge in [-0.15, -0.1) is 0 Å². The molecule has 2 heterocycles. The summed E-state index contributed by atoms with van der Waals surface area (Å²) in [6.07, 6.45) is 7.97. The number of aromatic nitrogens is 1. The van der Waals surface area contributed by atoms with Gasteiger partial charge in [-0.3, -0.25) is 9.88 Å². The van der Waals surface area contributed by atoms with E-state index >= 15 is 0 Å². The first-order valence-electron chi connectivity index (χ1n) is 9.02. The molecular formula is C21H22F3N5. The van der Waals surface area contributed by atoms with Crippen LogP contribution in [0.4, 0.5) is 18.9 Å². The first-order valence-corrected chi connectivity index (χ1v) is 9.02. The molecule has 0 unspecified atom stereocenters. The number of fused-ring (bicyclic) bond motifs is 1. The van der Waals surface area contributed by atoms with E-state index in [1.807, 2.05) is 18.2 Å². The largest absolute Gasteiger partial charge is 0.404 e. The molecule has 4 N–H and O–H groups in total. The van der Waals surface area contributed by atoms with Crippen molar-refractivity contribution in [1.82, 2.24) is 9.88 Å². The number of hydrogen-bond acceptors (Lipinski definition) is 5. The number of hydrogen-bond donors (Lipinski definition) is 3. The maximum Gasteiger partial charge on any atom is 0.257 e. The maximum atomic E-state index is 14.2. The highest BCUT2D eigenvalue weighted by atomic mass is 19.3. The Bertz CT molecular complexity index is 963. The lowest BCUT2D eigenvalue weighted by atomic mass is 10.0. The summed E-state index contributed by atoms with van der Waals surface area (Å²) < 4.78 is 40.7. The van der Waals surface area contributed by atoms with Gasteiger partial charge in [0.05, 0.1) is 12.7 Å². The second kappa shape index (κ2) is 8.48. The molecule has 0 aliphatic carbocycles. The van der Waals surface area contributed by atoms with E-state index in [4.69, 9.17) is 11.1 Å². The zero-order valence-corrected chi connectivity index (χ0v) is 15.9. The maximum absolute atomic E-state index is 14.2. The van der Waals surface area contributed by atoms with E-state index in [-0.39, 0.29) is 17.7 Å². The number of nitrogens with two attached hydrogens (primary N) is 1. The Morgan fingerprint density at radius 3 is 2.76 bits per heavy atom. The number of pyridine rings is 1. The molecule has 0 radical (unpaired) electrons. The minimum atomic E-state index is -2.73. The minimum absolute atomic E-state index is 0.195. The summed E-state index contributed by atoms with van der Waals surface area (Å²) >= 11 is 0. The summed E-state index contributed by atoms with van der Waals surface area (Å²) in [6, 6.07) is 5.70. The third kappa shape index (κ3) is 5.03. The summed E-state index contributed by atoms with van der Waals surface area (Å²) in [6.45, 7) is 1.63. The average Bonchev–Trinajstić information content (AvgIpc) is 3.04. The Balaban J connectivity index is 1.73. The van der Waals surface area contributed by atoms with Crippen LogP contribution in [-0.2, 0) is 13.1 Å². The van der Waals surface area contributed by atoms with Gasteiger partial charge in [-0.25, -0.2) is 13.2 Å². The molecule has 3 rings (SSSR count). The number of nitrogens with one attached hydrogen (secondary N) is 2. The standard InChI is InChI=1S/C21H22F3N5/c1-21(23,24)13-29-11-15-2-3-18(6-16(15)12-29)28-5-4-14-9-27-10-19(22)20(14)17(7-25)8-26/h2-10,25,28H,11-13,26H2,1H3/b5-4+,17-8+,25-7?. The molecule has 1 aromatic carbocycles. The molecule has 2 aromatic rings. The zero-order valence-electron chi connectivity index (χ0n) is 15.9. The number of allylic oxidation sites excluding steroid dienone is 1. The molecule has 152 valence electrons. The predicted molar refractivity (Wildman–Crippen MR) is 109 cm³/mol. The number of alkyl halides is 2. The van der Waals surface area contributed by atoms with Gasteiger partial charge in [-0.2, -0.15) is 0 Å². The molecule has 5 nitrogen and oxygen atoms in total. The topological polar surface area (TPSA) is 78.0 Å². The molecule has 29 heavy (non-hydrogen) atoms. The van der Waals surface area contributed by atoms with Crippen molar-refractivity contribution in [2.24, 2.45) is 5.73 Å². The number of benzene rings is 1. The van der Waals surface area contributed by atoms with Crippen molar-refractivity contribution in [3.63, 3.8) is 0 Å². The highest BCUT2D eigenvalue weighted by Gasteiger charge is 2.29. The van der Waals surface area contributed by atoms with E-state index in [1.54, 1.807) is 17.2 Å². The molecule has 0 fully saturated rings. The zero-order chi connectivity index (χ0) is 21.0. The fourth-order valence-electron chi connectivity index (χ4n) is 3.37. The Hall–Kier alpha value is -3.13. The lowest BCUT2D eigenvalue weighted by Crippen LogP contribution is -2.30. The van der Waals surface area contributed by atoms with Crippen LogP contribution in [-0.4, -0.2) is 28.6 Å². The van der Waals surface area contributed by atoms with Crippen LogP contribution in [0.15, 0.2) is 43.0 Å². The Kier molecular flexibility index (Phi) is 6.03. The molecule has 1 aromatic heterocycles. The highest BCUT2D eigenvalue weighted by molar-refractivity contribution is 6.09. The molecule has 1 aliphatic rings. The third-order valence-corrected chi connectivity index (χ3v) is 4.56. The van der Waals surface area contributed by atoms with Gasteiger partial charge in [0.1, 0.15) is 5.82 Å². The van der Waals surface area contributed by atoms with E-state index in [0.717, 1.165) is 36.1 Å². The molecule has 1 aliphatic heterocycles. The fraction of sp³-hybridized carbons (Fsp3) is 0.238. The van der Waals surface area contributed by atoms with Crippen LogP contribution in [0.3, 0.4) is 0 Å². The number of anilines is 1. The van der Waals surface area contributed by atoms with Crippen LogP contribution in [0.25, 0.3) is 11.6 Å². The van der Waals surface area contributed by atoms with Crippen molar-refractivity contribution in [3.8, 4) is 0 Å². The fourth-order valence-corrected chi connectivity index (χ4v) is 3.37. The first kappa shape index (κ1) is 20.6. The number of rotatable bonds is 7. The van der Waals surface area contributed by atoms with Gasteiger partial charge in [0.15, 0.2) is 0 Å². The SMILES string of the molecule is CC(F)(F)CN1Cc2ccc(N/C=C/c3cncc(F)c3/C(C=N)=C/N)cc2C1. The van der Waals surface area contributed by atoms with E-state index in [0.29, 0.717) is 18.7 Å². The second-order valence-corrected chi connectivity index (χ2v) is 7.03. The first-order chi connectivity index (χ1) is 13.8. The van der Waals surface area contributed by atoms with Gasteiger partial charge in [0, 0.05) is 67.2 Å². The van der Waals surface area contributed by atoms with Crippen LogP contribution in [0.1, 0.15) is 29.2 Å². The lowest BCUT2D eigenvalue weighted by Gasteiger charge is -2.19. The number of halogens is 3. The molecule has 0 amide bonds. The van der Waals surface area contributed by atoms with E-state index < -0.39 is 11.7 Å². The molecule has 0 bridgehead atoms. The van der Waals surface area contributed by atoms with Gasteiger partial charge in [0.2, 0.25) is 0 Å². The van der Waals surface area contributed by atoms with Crippen molar-refractivity contribution in [2.45, 2.75) is 25.9 Å². The molecule has 0 saturated heterocycles. The quantitative estimate of drug-likeness (QED) is 0.607. The van der Waals surface area contributed by atoms with Gasteiger partial charge >= 0.3 is 0 Å². The summed E-state index contributed by atoms with van der Waals surface area (Å²) in [5, 5.41) is 10.5. The van der Waals surface area contributed by atoms with Crippen molar-refractivity contribution in [2.75, 3.05) is 11.9 Å². The van der Waals surface area contributed by atoms with Gasteiger partial charge in [-0.05, 0) is 29.3 Å². The number of nitrogens with zero attached hydrogens (tertiary/aromatic N) is 2. The van der Waals surface area contributed by atoms with Crippen LogP contribution in [0.5, 0.6) is 0 Å². The molecule has 8 heteroatoms. The second-order valence-electron chi connectivity index (χ2n) is 7.03. The summed E-state index contributed by atoms with van der Waals surface area (Å²) in [4.78, 5) is 5.56. The summed E-state index contributed by atoms with van der Waals surface area (Å²) in [7, 11) is 0. The molecular weight excluding hydrogens is 379 g/mol. The van der Waals surface area contributed by atoms with E-state index in [1.165, 1.54) is 12.4 Å². The lowest BCUT2D eigenvalue weighted by molar-refractivity contribution is -0.0156. The average molecular weight is 401 g/mol. The van der Waals surface area contributed by atoms with Crippen molar-refractivity contribution >= 4 is 23.6 Å². The van der Waals surface area contributed by atoms with Crippen molar-refractivity contribution in [3.05, 3.63) is 71.1 Å². The molecule has 0 saturated carbocycles. The molecule has 0 atom stereocenters. The Labute approximate surface area is 167 Å². The van der Waals surface area contributed by atoms with Crippen LogP contribution >= 0.6 is 0 Å². The van der Waals surface area contributed by atoms with Gasteiger partial charge in [-0.1, -0.05) is 6.07 Å². The smallest absolute Gasteiger partial charge is 0.257 e. The van der Waals surface area contributed by atoms with E-state index in [2.05, 4.69) is 10.3 Å². The summed E-state index contributed by atoms with van der Waals surface area (Å²) in [5.74, 6) is -3.30. The van der Waals surface area contributed by atoms with Crippen molar-refractivity contribution < 1.29 is 13.2 Å².